The zero-order valence-electron chi connectivity index (χ0n) is 18.8. The molecule has 0 unspecified atom stereocenters. The Bertz CT molecular complexity index is 1130. The largest absolute Gasteiger partial charge is 0.573 e. The Labute approximate surface area is 196 Å². The van der Waals surface area contributed by atoms with Crippen molar-refractivity contribution in [3.05, 3.63) is 84.2 Å². The van der Waals surface area contributed by atoms with Crippen molar-refractivity contribution < 1.29 is 22.7 Å². The first-order chi connectivity index (χ1) is 16.1. The molecule has 178 valence electrons. The topological polar surface area (TPSA) is 57.7 Å². The highest BCUT2D eigenvalue weighted by molar-refractivity contribution is 6.04. The van der Waals surface area contributed by atoms with Crippen molar-refractivity contribution in [2.45, 2.75) is 32.3 Å². The van der Waals surface area contributed by atoms with Gasteiger partial charge in [0.25, 0.3) is 5.91 Å². The molecule has 1 N–H and O–H groups in total. The molecule has 0 atom stereocenters. The van der Waals surface area contributed by atoms with E-state index in [4.69, 9.17) is 0 Å². The predicted octanol–water partition coefficient (Wildman–Crippen LogP) is 5.29. The van der Waals surface area contributed by atoms with E-state index >= 15 is 0 Å². The predicted molar refractivity (Wildman–Crippen MR) is 124 cm³/mol. The Balaban J connectivity index is 1.47. The lowest BCUT2D eigenvalue weighted by atomic mass is 10.0. The molecule has 0 saturated carbocycles. The summed E-state index contributed by atoms with van der Waals surface area (Å²) in [5, 5.41) is 2.95. The van der Waals surface area contributed by atoms with Crippen molar-refractivity contribution in [3.8, 4) is 5.75 Å². The number of ether oxygens (including phenoxy) is 1. The second-order valence-electron chi connectivity index (χ2n) is 8.74. The molecule has 1 fully saturated rings. The van der Waals surface area contributed by atoms with Gasteiger partial charge in [0.05, 0.1) is 18.6 Å². The third-order valence-electron chi connectivity index (χ3n) is 5.77. The van der Waals surface area contributed by atoms with Gasteiger partial charge < -0.3 is 15.0 Å². The summed E-state index contributed by atoms with van der Waals surface area (Å²) in [5.41, 5.74) is 2.70. The van der Waals surface area contributed by atoms with E-state index in [9.17, 15) is 18.0 Å². The highest BCUT2D eigenvalue weighted by atomic mass is 19.4. The summed E-state index contributed by atoms with van der Waals surface area (Å²) >= 11 is 0. The van der Waals surface area contributed by atoms with Gasteiger partial charge in [-0.2, -0.15) is 0 Å². The first kappa shape index (κ1) is 23.6. The van der Waals surface area contributed by atoms with Gasteiger partial charge in [-0.15, -0.1) is 13.2 Å². The molecule has 3 aromatic rings. The maximum absolute atomic E-state index is 12.6. The lowest BCUT2D eigenvalue weighted by molar-refractivity contribution is -0.274. The van der Waals surface area contributed by atoms with Crippen molar-refractivity contribution in [1.29, 1.82) is 0 Å². The number of hydrogen-bond donors (Lipinski definition) is 1. The van der Waals surface area contributed by atoms with E-state index in [1.54, 1.807) is 36.7 Å². The summed E-state index contributed by atoms with van der Waals surface area (Å²) in [7, 11) is 0. The number of carbonyl (C=O) groups is 1. The third kappa shape index (κ3) is 5.66. The van der Waals surface area contributed by atoms with Gasteiger partial charge in [0.1, 0.15) is 5.75 Å². The molecule has 0 aliphatic carbocycles. The average molecular weight is 470 g/mol. The lowest BCUT2D eigenvalue weighted by Gasteiger charge is -2.30. The first-order valence-corrected chi connectivity index (χ1v) is 10.8. The molecule has 0 spiro atoms. The molecule has 1 aromatic heterocycles. The second-order valence-corrected chi connectivity index (χ2v) is 8.74. The first-order valence-electron chi connectivity index (χ1n) is 10.8. The summed E-state index contributed by atoms with van der Waals surface area (Å²) in [4.78, 5) is 21.2. The quantitative estimate of drug-likeness (QED) is 0.531. The Morgan fingerprint density at radius 1 is 1.09 bits per heavy atom. The Morgan fingerprint density at radius 2 is 1.79 bits per heavy atom. The van der Waals surface area contributed by atoms with Gasteiger partial charge >= 0.3 is 6.36 Å². The van der Waals surface area contributed by atoms with E-state index in [-0.39, 0.29) is 17.2 Å². The number of rotatable bonds is 6. The molecule has 1 aliphatic rings. The normalized spacial score (nSPS) is 15.9. The van der Waals surface area contributed by atoms with Crippen LogP contribution in [-0.2, 0) is 6.54 Å². The maximum atomic E-state index is 12.6. The highest BCUT2D eigenvalue weighted by Gasteiger charge is 2.37. The van der Waals surface area contributed by atoms with Crippen LogP contribution in [0.2, 0.25) is 0 Å². The summed E-state index contributed by atoms with van der Waals surface area (Å²) in [6.45, 7) is 6.03. The van der Waals surface area contributed by atoms with Crippen LogP contribution >= 0.6 is 0 Å². The van der Waals surface area contributed by atoms with Crippen LogP contribution in [0.25, 0.3) is 0 Å². The number of carbonyl (C=O) groups excluding carboxylic acids is 1. The van der Waals surface area contributed by atoms with Crippen molar-refractivity contribution >= 4 is 17.3 Å². The third-order valence-corrected chi connectivity index (χ3v) is 5.77. The number of amides is 1. The molecule has 34 heavy (non-hydrogen) atoms. The van der Waals surface area contributed by atoms with Gasteiger partial charge in [-0.05, 0) is 61.9 Å². The maximum Gasteiger partial charge on any atom is 0.573 e. The number of anilines is 2. The highest BCUT2D eigenvalue weighted by Crippen LogP contribution is 2.33. The van der Waals surface area contributed by atoms with Crippen LogP contribution < -0.4 is 15.0 Å². The number of benzene rings is 2. The molecule has 6 nitrogen and oxygen atoms in total. The van der Waals surface area contributed by atoms with Crippen molar-refractivity contribution in [2.75, 3.05) is 23.4 Å². The lowest BCUT2D eigenvalue weighted by Crippen LogP contribution is -2.39. The number of halogens is 3. The van der Waals surface area contributed by atoms with E-state index < -0.39 is 6.36 Å². The van der Waals surface area contributed by atoms with Crippen LogP contribution in [0.15, 0.2) is 73.1 Å². The molecule has 2 aromatic carbocycles. The minimum atomic E-state index is -4.72. The van der Waals surface area contributed by atoms with Crippen molar-refractivity contribution in [3.63, 3.8) is 0 Å². The fraction of sp³-hybridized carbons (Fsp3) is 0.280. The SMILES string of the molecule is CC1(C)CN(c2ccc(OC(F)(F)F)cc2)CN1Cc1ccncc1NC(=O)c1ccccc1. The van der Waals surface area contributed by atoms with Crippen LogP contribution in [0.1, 0.15) is 29.8 Å². The van der Waals surface area contributed by atoms with Crippen molar-refractivity contribution in [2.24, 2.45) is 0 Å². The minimum Gasteiger partial charge on any atom is -0.406 e. The summed E-state index contributed by atoms with van der Waals surface area (Å²) in [6.07, 6.45) is -1.39. The fourth-order valence-electron chi connectivity index (χ4n) is 3.97. The number of nitrogens with zero attached hydrogens (tertiary/aromatic N) is 3. The zero-order valence-corrected chi connectivity index (χ0v) is 18.8. The molecule has 1 saturated heterocycles. The smallest absolute Gasteiger partial charge is 0.406 e. The fourth-order valence-corrected chi connectivity index (χ4v) is 3.97. The van der Waals surface area contributed by atoms with Crippen LogP contribution in [0.3, 0.4) is 0 Å². The van der Waals surface area contributed by atoms with Gasteiger partial charge in [-0.3, -0.25) is 14.7 Å². The number of aromatic nitrogens is 1. The molecule has 2 heterocycles. The van der Waals surface area contributed by atoms with E-state index in [0.717, 1.165) is 11.3 Å². The average Bonchev–Trinajstić information content (AvgIpc) is 3.09. The summed E-state index contributed by atoms with van der Waals surface area (Å²) in [5.74, 6) is -0.458. The number of pyridine rings is 1. The van der Waals surface area contributed by atoms with Gasteiger partial charge in [-0.25, -0.2) is 0 Å². The number of hydrogen-bond acceptors (Lipinski definition) is 5. The monoisotopic (exact) mass is 470 g/mol. The van der Waals surface area contributed by atoms with E-state index in [1.807, 2.05) is 24.3 Å². The van der Waals surface area contributed by atoms with E-state index in [2.05, 4.69) is 38.7 Å². The van der Waals surface area contributed by atoms with Gasteiger partial charge in [-0.1, -0.05) is 18.2 Å². The van der Waals surface area contributed by atoms with E-state index in [0.29, 0.717) is 31.0 Å². The van der Waals surface area contributed by atoms with Gasteiger partial charge in [0.15, 0.2) is 0 Å². The second kappa shape index (κ2) is 9.34. The molecule has 9 heteroatoms. The van der Waals surface area contributed by atoms with Crippen LogP contribution in [0.4, 0.5) is 24.5 Å². The number of nitrogens with one attached hydrogen (secondary N) is 1. The Morgan fingerprint density at radius 3 is 2.47 bits per heavy atom. The van der Waals surface area contributed by atoms with E-state index in [1.165, 1.54) is 12.1 Å². The summed E-state index contributed by atoms with van der Waals surface area (Å²) < 4.78 is 41.3. The molecule has 0 radical (unpaired) electrons. The Hall–Kier alpha value is -3.59. The molecule has 4 rings (SSSR count). The van der Waals surface area contributed by atoms with Gasteiger partial charge in [0.2, 0.25) is 0 Å². The minimum absolute atomic E-state index is 0.210. The molecular weight excluding hydrogens is 445 g/mol. The van der Waals surface area contributed by atoms with Crippen LogP contribution in [0.5, 0.6) is 5.75 Å². The molecule has 1 amide bonds. The molecular formula is C25H25F3N4O2. The van der Waals surface area contributed by atoms with Crippen LogP contribution in [0, 0.1) is 0 Å². The number of alkyl halides is 3. The Kier molecular flexibility index (Phi) is 6.47. The standard InChI is InChI=1S/C25H25F3N4O2/c1-24(2)16-31(20-8-10-21(11-9-20)34-25(26,27)28)17-32(24)15-19-12-13-29-14-22(19)30-23(33)18-6-4-3-5-7-18/h3-14H,15-17H2,1-2H3,(H,30,33). The molecule has 1 aliphatic heterocycles. The van der Waals surface area contributed by atoms with Crippen molar-refractivity contribution in [1.82, 2.24) is 9.88 Å². The summed E-state index contributed by atoms with van der Waals surface area (Å²) in [6, 6.07) is 16.7. The van der Waals surface area contributed by atoms with Crippen LogP contribution in [-0.4, -0.2) is 40.9 Å². The molecule has 0 bridgehead atoms. The van der Waals surface area contributed by atoms with Gasteiger partial charge in [0, 0.05) is 36.1 Å². The zero-order chi connectivity index (χ0) is 24.3.